The Hall–Kier alpha value is -1.67. The molecule has 1 saturated heterocycles. The number of aromatic nitrogens is 2. The van der Waals surface area contributed by atoms with Crippen LogP contribution in [0.4, 0.5) is 19.1 Å². The smallest absolute Gasteiger partial charge is 0.392 e. The second-order valence-electron chi connectivity index (χ2n) is 5.55. The Morgan fingerprint density at radius 3 is 2.61 bits per heavy atom. The second kappa shape index (κ2) is 7.74. The van der Waals surface area contributed by atoms with Crippen molar-refractivity contribution in [3.05, 3.63) is 30.6 Å². The van der Waals surface area contributed by atoms with Crippen molar-refractivity contribution in [2.24, 2.45) is 0 Å². The minimum atomic E-state index is -4.46. The fraction of sp³-hybridized carbons (Fsp3) is 0.600. The zero-order valence-electron chi connectivity index (χ0n) is 12.8. The summed E-state index contributed by atoms with van der Waals surface area (Å²) in [6.07, 6.45) is -0.540. The van der Waals surface area contributed by atoms with Gasteiger partial charge in [0.2, 0.25) is 5.95 Å². The minimum absolute atomic E-state index is 0.103. The molecule has 0 aromatic carbocycles. The van der Waals surface area contributed by atoms with Crippen molar-refractivity contribution in [3.63, 3.8) is 0 Å². The highest BCUT2D eigenvalue weighted by Crippen LogP contribution is 2.28. The third-order valence-corrected chi connectivity index (χ3v) is 3.76. The average Bonchev–Trinajstić information content (AvgIpc) is 2.53. The molecule has 1 aromatic rings. The Morgan fingerprint density at radius 1 is 1.30 bits per heavy atom. The summed E-state index contributed by atoms with van der Waals surface area (Å²) in [5.74, 6) is 0.103. The lowest BCUT2D eigenvalue weighted by Gasteiger charge is -2.35. The lowest BCUT2D eigenvalue weighted by molar-refractivity contribution is -0.141. The van der Waals surface area contributed by atoms with Crippen molar-refractivity contribution in [1.82, 2.24) is 14.9 Å². The lowest BCUT2D eigenvalue weighted by atomic mass is 10.1. The van der Waals surface area contributed by atoms with Crippen molar-refractivity contribution < 1.29 is 18.3 Å². The van der Waals surface area contributed by atoms with E-state index in [2.05, 4.69) is 21.4 Å². The Bertz CT molecular complexity index is 516. The van der Waals surface area contributed by atoms with E-state index in [0.29, 0.717) is 39.1 Å². The van der Waals surface area contributed by atoms with Crippen LogP contribution in [0.2, 0.25) is 0 Å². The first kappa shape index (κ1) is 17.7. The zero-order chi connectivity index (χ0) is 16.9. The standard InChI is InChI=1S/C15H21F3N4O/c1-2-3-4-12(23)11-21-7-9-22(10-8-21)14-19-6-5-13(20-14)15(16,17)18/h2,5-6,12,23H,1,3-4,7-11H2/t12-/m1/s1. The van der Waals surface area contributed by atoms with Gasteiger partial charge >= 0.3 is 6.18 Å². The van der Waals surface area contributed by atoms with Gasteiger partial charge in [-0.15, -0.1) is 6.58 Å². The van der Waals surface area contributed by atoms with Crippen LogP contribution in [0.3, 0.4) is 0 Å². The molecular formula is C15H21F3N4O. The van der Waals surface area contributed by atoms with E-state index >= 15 is 0 Å². The molecule has 5 nitrogen and oxygen atoms in total. The zero-order valence-corrected chi connectivity index (χ0v) is 12.8. The largest absolute Gasteiger partial charge is 0.433 e. The van der Waals surface area contributed by atoms with E-state index in [4.69, 9.17) is 0 Å². The van der Waals surface area contributed by atoms with Crippen molar-refractivity contribution in [2.75, 3.05) is 37.6 Å². The first-order chi connectivity index (χ1) is 10.9. The van der Waals surface area contributed by atoms with E-state index in [9.17, 15) is 18.3 Å². The predicted molar refractivity (Wildman–Crippen MR) is 81.1 cm³/mol. The minimum Gasteiger partial charge on any atom is -0.392 e. The van der Waals surface area contributed by atoms with Gasteiger partial charge in [-0.2, -0.15) is 13.2 Å². The van der Waals surface area contributed by atoms with Gasteiger partial charge in [-0.05, 0) is 18.9 Å². The molecule has 0 radical (unpaired) electrons. The second-order valence-corrected chi connectivity index (χ2v) is 5.55. The number of β-amino-alcohol motifs (C(OH)–C–C–N with tert-alkyl or cyclic N) is 1. The van der Waals surface area contributed by atoms with Crippen LogP contribution in [0.15, 0.2) is 24.9 Å². The van der Waals surface area contributed by atoms with E-state index in [1.165, 1.54) is 0 Å². The Balaban J connectivity index is 1.88. The van der Waals surface area contributed by atoms with Crippen LogP contribution in [0.5, 0.6) is 0 Å². The van der Waals surface area contributed by atoms with E-state index < -0.39 is 18.0 Å². The molecule has 1 N–H and O–H groups in total. The van der Waals surface area contributed by atoms with Crippen molar-refractivity contribution >= 4 is 5.95 Å². The monoisotopic (exact) mass is 330 g/mol. The fourth-order valence-electron chi connectivity index (χ4n) is 2.49. The van der Waals surface area contributed by atoms with Crippen LogP contribution in [-0.4, -0.2) is 58.8 Å². The number of aliphatic hydroxyl groups is 1. The van der Waals surface area contributed by atoms with Crippen molar-refractivity contribution in [1.29, 1.82) is 0 Å². The van der Waals surface area contributed by atoms with Crippen LogP contribution in [0.1, 0.15) is 18.5 Å². The number of nitrogens with zero attached hydrogens (tertiary/aromatic N) is 4. The van der Waals surface area contributed by atoms with Gasteiger partial charge in [0.15, 0.2) is 0 Å². The SMILES string of the molecule is C=CCC[C@@H](O)CN1CCN(c2nccc(C(F)(F)F)n2)CC1. The average molecular weight is 330 g/mol. The highest BCUT2D eigenvalue weighted by Gasteiger charge is 2.33. The molecule has 1 aliphatic rings. The molecule has 8 heteroatoms. The van der Waals surface area contributed by atoms with Crippen molar-refractivity contribution in [2.45, 2.75) is 25.1 Å². The molecule has 128 valence electrons. The quantitative estimate of drug-likeness (QED) is 0.808. The summed E-state index contributed by atoms with van der Waals surface area (Å²) in [7, 11) is 0. The number of rotatable bonds is 6. The Morgan fingerprint density at radius 2 is 2.00 bits per heavy atom. The van der Waals surface area contributed by atoms with Gasteiger partial charge in [-0.25, -0.2) is 9.97 Å². The van der Waals surface area contributed by atoms with Gasteiger partial charge in [0.25, 0.3) is 0 Å². The predicted octanol–water partition coefficient (Wildman–Crippen LogP) is 1.94. The Kier molecular flexibility index (Phi) is 5.95. The van der Waals surface area contributed by atoms with Gasteiger partial charge in [0.1, 0.15) is 5.69 Å². The molecule has 1 aromatic heterocycles. The molecule has 2 rings (SSSR count). The molecular weight excluding hydrogens is 309 g/mol. The molecule has 0 spiro atoms. The summed E-state index contributed by atoms with van der Waals surface area (Å²) >= 11 is 0. The summed E-state index contributed by atoms with van der Waals surface area (Å²) in [6, 6.07) is 0.871. The maximum Gasteiger partial charge on any atom is 0.433 e. The number of aliphatic hydroxyl groups excluding tert-OH is 1. The van der Waals surface area contributed by atoms with Crippen LogP contribution < -0.4 is 4.90 Å². The van der Waals surface area contributed by atoms with Gasteiger partial charge in [-0.3, -0.25) is 4.90 Å². The molecule has 1 atom stereocenters. The molecule has 0 aliphatic carbocycles. The Labute approximate surface area is 133 Å². The first-order valence-corrected chi connectivity index (χ1v) is 7.56. The molecule has 1 aliphatic heterocycles. The third-order valence-electron chi connectivity index (χ3n) is 3.76. The number of piperazine rings is 1. The van der Waals surface area contributed by atoms with E-state index in [1.807, 2.05) is 0 Å². The van der Waals surface area contributed by atoms with E-state index in [0.717, 1.165) is 18.7 Å². The van der Waals surface area contributed by atoms with E-state index in [-0.39, 0.29) is 5.95 Å². The molecule has 0 amide bonds. The molecule has 0 saturated carbocycles. The van der Waals surface area contributed by atoms with Gasteiger partial charge in [0.05, 0.1) is 6.10 Å². The molecule has 2 heterocycles. The maximum atomic E-state index is 12.7. The van der Waals surface area contributed by atoms with Gasteiger partial charge in [0, 0.05) is 38.9 Å². The summed E-state index contributed by atoms with van der Waals surface area (Å²) < 4.78 is 38.1. The summed E-state index contributed by atoms with van der Waals surface area (Å²) in [4.78, 5) is 11.4. The van der Waals surface area contributed by atoms with Crippen LogP contribution in [0.25, 0.3) is 0 Å². The molecule has 23 heavy (non-hydrogen) atoms. The topological polar surface area (TPSA) is 52.5 Å². The number of hydrogen-bond donors (Lipinski definition) is 1. The number of hydrogen-bond acceptors (Lipinski definition) is 5. The number of anilines is 1. The summed E-state index contributed by atoms with van der Waals surface area (Å²) in [6.45, 7) is 6.57. The number of halogens is 3. The highest BCUT2D eigenvalue weighted by molar-refractivity contribution is 5.31. The van der Waals surface area contributed by atoms with Crippen molar-refractivity contribution in [3.8, 4) is 0 Å². The van der Waals surface area contributed by atoms with Gasteiger partial charge < -0.3 is 10.0 Å². The highest BCUT2D eigenvalue weighted by atomic mass is 19.4. The third kappa shape index (κ3) is 5.18. The lowest BCUT2D eigenvalue weighted by Crippen LogP contribution is -2.49. The van der Waals surface area contributed by atoms with E-state index in [1.54, 1.807) is 11.0 Å². The summed E-state index contributed by atoms with van der Waals surface area (Å²) in [5, 5.41) is 9.89. The van der Waals surface area contributed by atoms with Crippen LogP contribution in [-0.2, 0) is 6.18 Å². The van der Waals surface area contributed by atoms with Gasteiger partial charge in [-0.1, -0.05) is 6.08 Å². The first-order valence-electron chi connectivity index (χ1n) is 7.56. The number of alkyl halides is 3. The maximum absolute atomic E-state index is 12.7. The van der Waals surface area contributed by atoms with Crippen LogP contribution >= 0.6 is 0 Å². The molecule has 0 unspecified atom stereocenters. The van der Waals surface area contributed by atoms with Crippen LogP contribution in [0, 0.1) is 0 Å². The normalized spacial score (nSPS) is 18.0. The molecule has 1 fully saturated rings. The fourth-order valence-corrected chi connectivity index (χ4v) is 2.49. The molecule has 0 bridgehead atoms. The number of allylic oxidation sites excluding steroid dienone is 1. The summed E-state index contributed by atoms with van der Waals surface area (Å²) in [5.41, 5.74) is -0.926.